The smallest absolute Gasteiger partial charge is 0.248 e. The Morgan fingerprint density at radius 3 is 2.88 bits per heavy atom. The summed E-state index contributed by atoms with van der Waals surface area (Å²) in [6, 6.07) is 13.8. The third-order valence-electron chi connectivity index (χ3n) is 5.83. The number of amides is 1. The highest BCUT2D eigenvalue weighted by Gasteiger charge is 2.40. The van der Waals surface area contributed by atoms with E-state index >= 15 is 0 Å². The molecule has 0 fully saturated rings. The van der Waals surface area contributed by atoms with Crippen molar-refractivity contribution in [2.24, 2.45) is 11.7 Å². The molecule has 1 aliphatic heterocycles. The van der Waals surface area contributed by atoms with Crippen molar-refractivity contribution in [2.75, 3.05) is 0 Å². The second-order valence-electron chi connectivity index (χ2n) is 7.14. The molecular formula is C21H19N3O2. The molecule has 2 heterocycles. The summed E-state index contributed by atoms with van der Waals surface area (Å²) < 4.78 is 2.18. The number of fused-ring (bicyclic) bond motifs is 4. The van der Waals surface area contributed by atoms with Crippen LogP contribution in [-0.2, 0) is 6.42 Å². The Morgan fingerprint density at radius 1 is 1.19 bits per heavy atom. The van der Waals surface area contributed by atoms with Crippen LogP contribution >= 0.6 is 0 Å². The third kappa shape index (κ3) is 2.07. The number of aliphatic hydroxyl groups is 1. The molecule has 1 aromatic heterocycles. The van der Waals surface area contributed by atoms with Crippen LogP contribution in [0.3, 0.4) is 0 Å². The molecule has 5 heteroatoms. The zero-order chi connectivity index (χ0) is 17.8. The van der Waals surface area contributed by atoms with Gasteiger partial charge in [-0.15, -0.1) is 0 Å². The molecule has 0 bridgehead atoms. The lowest BCUT2D eigenvalue weighted by molar-refractivity contribution is 0.0719. The van der Waals surface area contributed by atoms with Crippen molar-refractivity contribution < 1.29 is 9.90 Å². The number of hydrogen-bond donors (Lipinski definition) is 2. The maximum atomic E-state index is 11.4. The maximum absolute atomic E-state index is 11.4. The molecule has 0 saturated heterocycles. The van der Waals surface area contributed by atoms with Crippen LogP contribution in [-0.4, -0.2) is 20.6 Å². The number of aliphatic hydroxyl groups excluding tert-OH is 1. The van der Waals surface area contributed by atoms with E-state index in [4.69, 9.17) is 5.73 Å². The summed E-state index contributed by atoms with van der Waals surface area (Å²) >= 11 is 0. The van der Waals surface area contributed by atoms with Gasteiger partial charge in [0, 0.05) is 17.0 Å². The SMILES string of the molecule is NC(=O)c1ccc2c(c1)CC[C@@H]([C@H]1c3ccccc3-c3cncn31)C2O. The van der Waals surface area contributed by atoms with Gasteiger partial charge >= 0.3 is 0 Å². The molecule has 3 N–H and O–H groups in total. The van der Waals surface area contributed by atoms with Crippen LogP contribution < -0.4 is 5.73 Å². The van der Waals surface area contributed by atoms with E-state index in [9.17, 15) is 9.90 Å². The first kappa shape index (κ1) is 15.3. The van der Waals surface area contributed by atoms with Gasteiger partial charge in [0.15, 0.2) is 0 Å². The summed E-state index contributed by atoms with van der Waals surface area (Å²) in [4.78, 5) is 15.8. The van der Waals surface area contributed by atoms with E-state index in [1.54, 1.807) is 6.07 Å². The van der Waals surface area contributed by atoms with E-state index < -0.39 is 12.0 Å². The molecular weight excluding hydrogens is 326 g/mol. The van der Waals surface area contributed by atoms with Crippen LogP contribution in [0.15, 0.2) is 55.0 Å². The number of aryl methyl sites for hydroxylation is 1. The van der Waals surface area contributed by atoms with Gasteiger partial charge < -0.3 is 15.4 Å². The summed E-state index contributed by atoms with van der Waals surface area (Å²) in [7, 11) is 0. The van der Waals surface area contributed by atoms with E-state index in [0.29, 0.717) is 5.56 Å². The summed E-state index contributed by atoms with van der Waals surface area (Å²) in [6.07, 6.45) is 4.82. The molecule has 1 unspecified atom stereocenters. The van der Waals surface area contributed by atoms with Gasteiger partial charge in [0.25, 0.3) is 0 Å². The fourth-order valence-corrected chi connectivity index (χ4v) is 4.62. The Labute approximate surface area is 151 Å². The van der Waals surface area contributed by atoms with Crippen molar-refractivity contribution in [3.05, 3.63) is 77.2 Å². The first-order valence-corrected chi connectivity index (χ1v) is 8.87. The van der Waals surface area contributed by atoms with E-state index in [0.717, 1.165) is 29.7 Å². The van der Waals surface area contributed by atoms with Gasteiger partial charge in [-0.1, -0.05) is 30.3 Å². The van der Waals surface area contributed by atoms with Crippen LogP contribution in [0, 0.1) is 5.92 Å². The fourth-order valence-electron chi connectivity index (χ4n) is 4.62. The third-order valence-corrected chi connectivity index (χ3v) is 5.83. The number of imidazole rings is 1. The zero-order valence-electron chi connectivity index (χ0n) is 14.2. The van der Waals surface area contributed by atoms with Gasteiger partial charge in [-0.2, -0.15) is 0 Å². The number of rotatable bonds is 2. The predicted octanol–water partition coefficient (Wildman–Crippen LogP) is 2.85. The number of aromatic nitrogens is 2. The van der Waals surface area contributed by atoms with E-state index in [1.165, 1.54) is 11.1 Å². The van der Waals surface area contributed by atoms with Crippen molar-refractivity contribution >= 4 is 5.91 Å². The van der Waals surface area contributed by atoms with Gasteiger partial charge in [-0.3, -0.25) is 4.79 Å². The molecule has 2 aromatic carbocycles. The average molecular weight is 345 g/mol. The van der Waals surface area contributed by atoms with Crippen LogP contribution in [0.25, 0.3) is 11.3 Å². The molecule has 5 nitrogen and oxygen atoms in total. The number of hydrogen-bond acceptors (Lipinski definition) is 3. The Hall–Kier alpha value is -2.92. The van der Waals surface area contributed by atoms with Gasteiger partial charge in [0.05, 0.1) is 30.4 Å². The van der Waals surface area contributed by atoms with Crippen LogP contribution in [0.1, 0.15) is 45.6 Å². The summed E-state index contributed by atoms with van der Waals surface area (Å²) in [5.74, 6) is -0.379. The molecule has 5 rings (SSSR count). The fraction of sp³-hybridized carbons (Fsp3) is 0.238. The minimum Gasteiger partial charge on any atom is -0.388 e. The van der Waals surface area contributed by atoms with E-state index in [1.807, 2.05) is 36.8 Å². The number of carbonyl (C=O) groups is 1. The highest BCUT2D eigenvalue weighted by molar-refractivity contribution is 5.93. The largest absolute Gasteiger partial charge is 0.388 e. The Kier molecular flexibility index (Phi) is 3.27. The summed E-state index contributed by atoms with van der Waals surface area (Å²) in [6.45, 7) is 0. The van der Waals surface area contributed by atoms with E-state index in [2.05, 4.69) is 21.7 Å². The Balaban J connectivity index is 1.57. The molecule has 2 aliphatic rings. The van der Waals surface area contributed by atoms with Gasteiger partial charge in [-0.25, -0.2) is 4.98 Å². The number of primary amides is 1. The highest BCUT2D eigenvalue weighted by Crippen LogP contribution is 2.49. The van der Waals surface area contributed by atoms with Crippen LogP contribution in [0.5, 0.6) is 0 Å². The van der Waals surface area contributed by atoms with Crippen molar-refractivity contribution in [1.29, 1.82) is 0 Å². The molecule has 0 saturated carbocycles. The number of carbonyl (C=O) groups excluding carboxylic acids is 1. The number of nitrogens with zero attached hydrogens (tertiary/aromatic N) is 2. The highest BCUT2D eigenvalue weighted by atomic mass is 16.3. The number of benzene rings is 2. The quantitative estimate of drug-likeness (QED) is 0.749. The first-order chi connectivity index (χ1) is 12.6. The lowest BCUT2D eigenvalue weighted by Gasteiger charge is -2.35. The van der Waals surface area contributed by atoms with Gasteiger partial charge in [0.2, 0.25) is 5.91 Å². The predicted molar refractivity (Wildman–Crippen MR) is 97.5 cm³/mol. The molecule has 0 spiro atoms. The summed E-state index contributed by atoms with van der Waals surface area (Å²) in [5.41, 5.74) is 11.3. The first-order valence-electron chi connectivity index (χ1n) is 8.87. The van der Waals surface area contributed by atoms with Gasteiger partial charge in [0.1, 0.15) is 0 Å². The molecule has 26 heavy (non-hydrogen) atoms. The van der Waals surface area contributed by atoms with Crippen molar-refractivity contribution in [3.63, 3.8) is 0 Å². The van der Waals surface area contributed by atoms with Crippen LogP contribution in [0.2, 0.25) is 0 Å². The van der Waals surface area contributed by atoms with Gasteiger partial charge in [-0.05, 0) is 41.7 Å². The molecule has 130 valence electrons. The maximum Gasteiger partial charge on any atom is 0.248 e. The standard InChI is InChI=1S/C21H19N3O2/c22-21(26)13-6-7-14-12(9-13)5-8-17(20(14)25)19-16-4-2-1-3-15(16)18-10-23-11-24(18)19/h1-4,6-7,9-11,17,19-20,25H,5,8H2,(H2,22,26)/t17-,19+,20?/m0/s1. The molecule has 1 aliphatic carbocycles. The van der Waals surface area contributed by atoms with E-state index in [-0.39, 0.29) is 12.0 Å². The molecule has 1 amide bonds. The second kappa shape index (κ2) is 5.54. The van der Waals surface area contributed by atoms with Crippen molar-refractivity contribution in [2.45, 2.75) is 25.0 Å². The Morgan fingerprint density at radius 2 is 2.04 bits per heavy atom. The minimum absolute atomic E-state index is 0.0542. The monoisotopic (exact) mass is 345 g/mol. The summed E-state index contributed by atoms with van der Waals surface area (Å²) in [5, 5.41) is 11.1. The lowest BCUT2D eigenvalue weighted by atomic mass is 9.75. The number of nitrogens with two attached hydrogens (primary N) is 1. The Bertz CT molecular complexity index is 1020. The molecule has 0 radical (unpaired) electrons. The van der Waals surface area contributed by atoms with Crippen LogP contribution in [0.4, 0.5) is 0 Å². The second-order valence-corrected chi connectivity index (χ2v) is 7.14. The average Bonchev–Trinajstić information content (AvgIpc) is 3.23. The topological polar surface area (TPSA) is 81.1 Å². The minimum atomic E-state index is -0.591. The molecule has 3 aromatic rings. The normalized spacial score (nSPS) is 23.2. The van der Waals surface area contributed by atoms with Crippen molar-refractivity contribution in [1.82, 2.24) is 9.55 Å². The van der Waals surface area contributed by atoms with Crippen molar-refractivity contribution in [3.8, 4) is 11.3 Å². The molecule has 3 atom stereocenters. The lowest BCUT2D eigenvalue weighted by Crippen LogP contribution is -2.29. The zero-order valence-corrected chi connectivity index (χ0v) is 14.2.